The van der Waals surface area contributed by atoms with E-state index >= 15 is 0 Å². The number of hydrogen-bond acceptors (Lipinski definition) is 4. The highest BCUT2D eigenvalue weighted by Gasteiger charge is 2.18. The Morgan fingerprint density at radius 2 is 2.00 bits per heavy atom. The standard InChI is InChI=1S/C9H10N2O4/c10-5-8(9(12)13)6-1-3-7(4-2-6)11(14)15/h1-4,8H,5,10H2,(H,12,13)/t8-/m1/s1. The van der Waals surface area contributed by atoms with E-state index in [-0.39, 0.29) is 12.2 Å². The average Bonchev–Trinajstić information content (AvgIpc) is 2.19. The molecule has 1 atom stereocenters. The van der Waals surface area contributed by atoms with E-state index in [0.717, 1.165) is 0 Å². The summed E-state index contributed by atoms with van der Waals surface area (Å²) < 4.78 is 0. The Morgan fingerprint density at radius 1 is 1.47 bits per heavy atom. The van der Waals surface area contributed by atoms with Crippen LogP contribution in [0, 0.1) is 10.1 Å². The van der Waals surface area contributed by atoms with Crippen molar-refractivity contribution < 1.29 is 14.8 Å². The van der Waals surface area contributed by atoms with Gasteiger partial charge in [0, 0.05) is 18.7 Å². The maximum atomic E-state index is 10.7. The Balaban J connectivity index is 2.97. The first kappa shape index (κ1) is 11.1. The topological polar surface area (TPSA) is 106 Å². The zero-order valence-electron chi connectivity index (χ0n) is 7.79. The minimum atomic E-state index is -1.04. The van der Waals surface area contributed by atoms with Crippen molar-refractivity contribution in [3.05, 3.63) is 39.9 Å². The van der Waals surface area contributed by atoms with Gasteiger partial charge in [-0.1, -0.05) is 12.1 Å². The van der Waals surface area contributed by atoms with Gasteiger partial charge in [-0.3, -0.25) is 14.9 Å². The summed E-state index contributed by atoms with van der Waals surface area (Å²) in [6, 6.07) is 5.34. The van der Waals surface area contributed by atoms with Gasteiger partial charge in [0.15, 0.2) is 0 Å². The lowest BCUT2D eigenvalue weighted by atomic mass is 9.99. The van der Waals surface area contributed by atoms with Gasteiger partial charge in [-0.15, -0.1) is 0 Å². The fourth-order valence-electron chi connectivity index (χ4n) is 1.21. The van der Waals surface area contributed by atoms with Crippen molar-refractivity contribution in [3.8, 4) is 0 Å². The Morgan fingerprint density at radius 3 is 2.33 bits per heavy atom. The molecule has 0 aromatic heterocycles. The van der Waals surface area contributed by atoms with Crippen LogP contribution in [0.25, 0.3) is 0 Å². The molecule has 6 heteroatoms. The first-order valence-corrected chi connectivity index (χ1v) is 4.23. The minimum Gasteiger partial charge on any atom is -0.481 e. The van der Waals surface area contributed by atoms with Crippen LogP contribution in [0.5, 0.6) is 0 Å². The van der Waals surface area contributed by atoms with Crippen molar-refractivity contribution in [2.24, 2.45) is 5.73 Å². The number of nitrogens with two attached hydrogens (primary N) is 1. The van der Waals surface area contributed by atoms with Crippen molar-refractivity contribution >= 4 is 11.7 Å². The third kappa shape index (κ3) is 2.50. The highest BCUT2D eigenvalue weighted by Crippen LogP contribution is 2.18. The Labute approximate surface area is 85.5 Å². The molecule has 3 N–H and O–H groups in total. The number of nitro groups is 1. The van der Waals surface area contributed by atoms with E-state index in [1.807, 2.05) is 0 Å². The van der Waals surface area contributed by atoms with E-state index in [9.17, 15) is 14.9 Å². The summed E-state index contributed by atoms with van der Waals surface area (Å²) in [7, 11) is 0. The number of nitro benzene ring substituents is 1. The van der Waals surface area contributed by atoms with Crippen LogP contribution in [-0.2, 0) is 4.79 Å². The number of carboxylic acids is 1. The molecule has 0 amide bonds. The molecule has 80 valence electrons. The first-order valence-electron chi connectivity index (χ1n) is 4.23. The quantitative estimate of drug-likeness (QED) is 0.562. The van der Waals surface area contributed by atoms with Crippen LogP contribution in [0.1, 0.15) is 11.5 Å². The lowest BCUT2D eigenvalue weighted by Crippen LogP contribution is -2.20. The van der Waals surface area contributed by atoms with Gasteiger partial charge < -0.3 is 10.8 Å². The Bertz CT molecular complexity index is 374. The SMILES string of the molecule is NC[C@@H](C(=O)O)c1ccc([N+](=O)[O-])cc1. The second-order valence-electron chi connectivity index (χ2n) is 2.98. The van der Waals surface area contributed by atoms with Crippen molar-refractivity contribution in [2.45, 2.75) is 5.92 Å². The number of aliphatic carboxylic acids is 1. The van der Waals surface area contributed by atoms with E-state index in [1.54, 1.807) is 0 Å². The van der Waals surface area contributed by atoms with Crippen LogP contribution in [0.2, 0.25) is 0 Å². The van der Waals surface area contributed by atoms with Gasteiger partial charge in [0.1, 0.15) is 0 Å². The van der Waals surface area contributed by atoms with Gasteiger partial charge in [-0.2, -0.15) is 0 Å². The minimum absolute atomic E-state index is 0.0346. The smallest absolute Gasteiger partial charge is 0.312 e. The van der Waals surface area contributed by atoms with Gasteiger partial charge in [-0.25, -0.2) is 0 Å². The molecule has 1 aromatic carbocycles. The zero-order valence-corrected chi connectivity index (χ0v) is 7.79. The summed E-state index contributed by atoms with van der Waals surface area (Å²) in [6.45, 7) is -0.0346. The number of nitrogens with zero attached hydrogens (tertiary/aromatic N) is 1. The third-order valence-corrected chi connectivity index (χ3v) is 2.04. The molecule has 0 spiro atoms. The molecule has 0 aliphatic carbocycles. The zero-order chi connectivity index (χ0) is 11.4. The van der Waals surface area contributed by atoms with E-state index in [0.29, 0.717) is 5.56 Å². The predicted molar refractivity (Wildman–Crippen MR) is 52.5 cm³/mol. The maximum absolute atomic E-state index is 10.7. The molecule has 0 fully saturated rings. The molecule has 0 heterocycles. The summed E-state index contributed by atoms with van der Waals surface area (Å²) in [6.07, 6.45) is 0. The van der Waals surface area contributed by atoms with Crippen LogP contribution in [0.3, 0.4) is 0 Å². The highest BCUT2D eigenvalue weighted by molar-refractivity contribution is 5.76. The van der Waals surface area contributed by atoms with Crippen LogP contribution < -0.4 is 5.73 Å². The molecule has 0 unspecified atom stereocenters. The molecule has 0 saturated heterocycles. The largest absolute Gasteiger partial charge is 0.481 e. The number of benzene rings is 1. The molecule has 15 heavy (non-hydrogen) atoms. The predicted octanol–water partition coefficient (Wildman–Crippen LogP) is 0.722. The summed E-state index contributed by atoms with van der Waals surface area (Å²) in [5.74, 6) is -1.85. The lowest BCUT2D eigenvalue weighted by molar-refractivity contribution is -0.384. The molecular weight excluding hydrogens is 200 g/mol. The van der Waals surface area contributed by atoms with Gasteiger partial charge in [-0.05, 0) is 5.56 Å². The molecule has 0 aliphatic rings. The van der Waals surface area contributed by atoms with E-state index in [1.165, 1.54) is 24.3 Å². The van der Waals surface area contributed by atoms with Crippen molar-refractivity contribution in [1.82, 2.24) is 0 Å². The van der Waals surface area contributed by atoms with Gasteiger partial charge in [0.25, 0.3) is 5.69 Å². The van der Waals surface area contributed by atoms with Gasteiger partial charge >= 0.3 is 5.97 Å². The van der Waals surface area contributed by atoms with Gasteiger partial charge in [0.05, 0.1) is 10.8 Å². The van der Waals surface area contributed by atoms with Gasteiger partial charge in [0.2, 0.25) is 0 Å². The number of rotatable bonds is 4. The second kappa shape index (κ2) is 4.52. The van der Waals surface area contributed by atoms with Crippen LogP contribution in [-0.4, -0.2) is 22.5 Å². The van der Waals surface area contributed by atoms with Crippen LogP contribution in [0.4, 0.5) is 5.69 Å². The molecular formula is C9H10N2O4. The highest BCUT2D eigenvalue weighted by atomic mass is 16.6. The lowest BCUT2D eigenvalue weighted by Gasteiger charge is -2.08. The van der Waals surface area contributed by atoms with E-state index < -0.39 is 16.8 Å². The summed E-state index contributed by atoms with van der Waals surface area (Å²) in [4.78, 5) is 20.5. The van der Waals surface area contributed by atoms with Crippen LogP contribution >= 0.6 is 0 Å². The molecule has 0 saturated carbocycles. The molecule has 1 aromatic rings. The van der Waals surface area contributed by atoms with Crippen molar-refractivity contribution in [2.75, 3.05) is 6.54 Å². The Kier molecular flexibility index (Phi) is 3.35. The fraction of sp³-hybridized carbons (Fsp3) is 0.222. The maximum Gasteiger partial charge on any atom is 0.312 e. The Hall–Kier alpha value is -1.95. The number of carbonyl (C=O) groups is 1. The summed E-state index contributed by atoms with van der Waals surface area (Å²) in [5, 5.41) is 19.1. The van der Waals surface area contributed by atoms with Crippen molar-refractivity contribution in [1.29, 1.82) is 0 Å². The fourth-order valence-corrected chi connectivity index (χ4v) is 1.21. The normalized spacial score (nSPS) is 12.1. The summed E-state index contributed by atoms with van der Waals surface area (Å²) >= 11 is 0. The van der Waals surface area contributed by atoms with E-state index in [4.69, 9.17) is 10.8 Å². The molecule has 1 rings (SSSR count). The monoisotopic (exact) mass is 210 g/mol. The second-order valence-corrected chi connectivity index (χ2v) is 2.98. The number of carboxylic acid groups (broad SMARTS) is 1. The molecule has 6 nitrogen and oxygen atoms in total. The molecule has 0 aliphatic heterocycles. The number of non-ortho nitro benzene ring substituents is 1. The first-order chi connectivity index (χ1) is 7.06. The van der Waals surface area contributed by atoms with Crippen LogP contribution in [0.15, 0.2) is 24.3 Å². The average molecular weight is 210 g/mol. The van der Waals surface area contributed by atoms with E-state index in [2.05, 4.69) is 0 Å². The van der Waals surface area contributed by atoms with Crippen molar-refractivity contribution in [3.63, 3.8) is 0 Å². The third-order valence-electron chi connectivity index (χ3n) is 2.04. The molecule has 0 radical (unpaired) electrons. The summed E-state index contributed by atoms with van der Waals surface area (Å²) in [5.41, 5.74) is 5.69. The molecule has 0 bridgehead atoms. The number of hydrogen-bond donors (Lipinski definition) is 2.